The third-order valence-electron chi connectivity index (χ3n) is 3.31. The lowest BCUT2D eigenvalue weighted by Crippen LogP contribution is -2.25. The van der Waals surface area contributed by atoms with Crippen LogP contribution in [0.4, 0.5) is 0 Å². The monoisotopic (exact) mass is 314 g/mol. The lowest BCUT2D eigenvalue weighted by atomic mass is 10.2. The molecule has 0 saturated heterocycles. The highest BCUT2D eigenvalue weighted by Gasteiger charge is 2.04. The fourth-order valence-corrected chi connectivity index (χ4v) is 3.30. The van der Waals surface area contributed by atoms with Crippen LogP contribution in [0.3, 0.4) is 0 Å². The van der Waals surface area contributed by atoms with E-state index in [4.69, 9.17) is 11.6 Å². The SMILES string of the molecule is CCCNCc1ccc(SCCN(CC)CC)c(Cl)c1. The Morgan fingerprint density at radius 2 is 1.95 bits per heavy atom. The van der Waals surface area contributed by atoms with E-state index >= 15 is 0 Å². The summed E-state index contributed by atoms with van der Waals surface area (Å²) in [6, 6.07) is 6.41. The summed E-state index contributed by atoms with van der Waals surface area (Å²) in [5.41, 5.74) is 1.26. The molecule has 0 bridgehead atoms. The van der Waals surface area contributed by atoms with Crippen molar-refractivity contribution in [3.05, 3.63) is 28.8 Å². The van der Waals surface area contributed by atoms with Crippen molar-refractivity contribution in [1.82, 2.24) is 10.2 Å². The van der Waals surface area contributed by atoms with Gasteiger partial charge in [-0.3, -0.25) is 0 Å². The van der Waals surface area contributed by atoms with E-state index in [1.807, 2.05) is 11.8 Å². The summed E-state index contributed by atoms with van der Waals surface area (Å²) in [5.74, 6) is 1.09. The smallest absolute Gasteiger partial charge is 0.0545 e. The van der Waals surface area contributed by atoms with E-state index in [2.05, 4.69) is 49.2 Å². The van der Waals surface area contributed by atoms with Gasteiger partial charge in [-0.15, -0.1) is 11.8 Å². The van der Waals surface area contributed by atoms with E-state index in [1.54, 1.807) is 0 Å². The van der Waals surface area contributed by atoms with Crippen LogP contribution in [-0.2, 0) is 6.54 Å². The topological polar surface area (TPSA) is 15.3 Å². The Kier molecular flexibility index (Phi) is 9.36. The van der Waals surface area contributed by atoms with Crippen molar-refractivity contribution >= 4 is 23.4 Å². The zero-order valence-corrected chi connectivity index (χ0v) is 14.5. The number of hydrogen-bond donors (Lipinski definition) is 1. The van der Waals surface area contributed by atoms with Crippen LogP contribution in [0.2, 0.25) is 5.02 Å². The molecule has 0 unspecified atom stereocenters. The molecule has 4 heteroatoms. The van der Waals surface area contributed by atoms with Crippen LogP contribution in [-0.4, -0.2) is 36.8 Å². The standard InChI is InChI=1S/C16H27ClN2S/c1-4-9-18-13-14-7-8-16(15(17)12-14)20-11-10-19(5-2)6-3/h7-8,12,18H,4-6,9-11,13H2,1-3H3. The lowest BCUT2D eigenvalue weighted by Gasteiger charge is -2.17. The number of hydrogen-bond acceptors (Lipinski definition) is 3. The number of nitrogens with zero attached hydrogens (tertiary/aromatic N) is 1. The summed E-state index contributed by atoms with van der Waals surface area (Å²) in [6.07, 6.45) is 1.16. The second kappa shape index (κ2) is 10.5. The fourth-order valence-electron chi connectivity index (χ4n) is 2.01. The Bertz CT molecular complexity index is 381. The van der Waals surface area contributed by atoms with Crippen LogP contribution in [0.5, 0.6) is 0 Å². The van der Waals surface area contributed by atoms with Crippen LogP contribution in [0.25, 0.3) is 0 Å². The van der Waals surface area contributed by atoms with Gasteiger partial charge in [0, 0.05) is 23.7 Å². The molecule has 0 aromatic heterocycles. The van der Waals surface area contributed by atoms with Gasteiger partial charge < -0.3 is 10.2 Å². The lowest BCUT2D eigenvalue weighted by molar-refractivity contribution is 0.324. The highest BCUT2D eigenvalue weighted by molar-refractivity contribution is 7.99. The zero-order chi connectivity index (χ0) is 14.8. The highest BCUT2D eigenvalue weighted by atomic mass is 35.5. The minimum atomic E-state index is 0.880. The summed E-state index contributed by atoms with van der Waals surface area (Å²) in [5, 5.41) is 4.28. The molecule has 1 aromatic rings. The average molecular weight is 315 g/mol. The molecule has 0 aliphatic rings. The maximum absolute atomic E-state index is 6.36. The largest absolute Gasteiger partial charge is 0.313 e. The van der Waals surface area contributed by atoms with Gasteiger partial charge in [0.15, 0.2) is 0 Å². The van der Waals surface area contributed by atoms with Gasteiger partial charge in [-0.1, -0.05) is 38.4 Å². The average Bonchev–Trinajstić information content (AvgIpc) is 2.46. The predicted octanol–water partition coefficient (Wildman–Crippen LogP) is 4.27. The van der Waals surface area contributed by atoms with Gasteiger partial charge in [-0.2, -0.15) is 0 Å². The Balaban J connectivity index is 2.43. The molecule has 1 N–H and O–H groups in total. The molecule has 114 valence electrons. The van der Waals surface area contributed by atoms with Gasteiger partial charge in [0.05, 0.1) is 5.02 Å². The molecule has 0 atom stereocenters. The van der Waals surface area contributed by atoms with E-state index in [0.717, 1.165) is 49.9 Å². The van der Waals surface area contributed by atoms with E-state index in [1.165, 1.54) is 10.5 Å². The van der Waals surface area contributed by atoms with Gasteiger partial charge >= 0.3 is 0 Å². The van der Waals surface area contributed by atoms with Crippen LogP contribution in [0.15, 0.2) is 23.1 Å². The second-order valence-corrected chi connectivity index (χ2v) is 6.36. The van der Waals surface area contributed by atoms with Crippen molar-refractivity contribution in [1.29, 1.82) is 0 Å². The van der Waals surface area contributed by atoms with Gasteiger partial charge in [0.1, 0.15) is 0 Å². The number of nitrogens with one attached hydrogen (secondary N) is 1. The molecule has 1 rings (SSSR count). The summed E-state index contributed by atoms with van der Waals surface area (Å²) in [6.45, 7) is 11.9. The second-order valence-electron chi connectivity index (χ2n) is 4.82. The third kappa shape index (κ3) is 6.49. The van der Waals surface area contributed by atoms with Crippen molar-refractivity contribution in [3.8, 4) is 0 Å². The first-order valence-corrected chi connectivity index (χ1v) is 8.91. The number of halogens is 1. The van der Waals surface area contributed by atoms with Gasteiger partial charge in [-0.25, -0.2) is 0 Å². The molecule has 0 fully saturated rings. The Morgan fingerprint density at radius 3 is 2.55 bits per heavy atom. The van der Waals surface area contributed by atoms with Crippen LogP contribution in [0.1, 0.15) is 32.8 Å². The quantitative estimate of drug-likeness (QED) is 0.513. The molecule has 0 spiro atoms. The zero-order valence-electron chi connectivity index (χ0n) is 12.9. The first-order chi connectivity index (χ1) is 9.71. The Labute approximate surface area is 133 Å². The molecule has 0 saturated carbocycles. The van der Waals surface area contributed by atoms with Crippen LogP contribution >= 0.6 is 23.4 Å². The molecular formula is C16H27ClN2S. The summed E-state index contributed by atoms with van der Waals surface area (Å²) in [4.78, 5) is 3.63. The number of thioether (sulfide) groups is 1. The summed E-state index contributed by atoms with van der Waals surface area (Å²) < 4.78 is 0. The van der Waals surface area contributed by atoms with E-state index in [9.17, 15) is 0 Å². The van der Waals surface area contributed by atoms with Gasteiger partial charge in [0.2, 0.25) is 0 Å². The molecule has 0 radical (unpaired) electrons. The molecule has 1 aromatic carbocycles. The molecule has 0 amide bonds. The Morgan fingerprint density at radius 1 is 1.20 bits per heavy atom. The summed E-state index contributed by atoms with van der Waals surface area (Å²) in [7, 11) is 0. The van der Waals surface area contributed by atoms with Crippen molar-refractivity contribution in [2.75, 3.05) is 31.9 Å². The highest BCUT2D eigenvalue weighted by Crippen LogP contribution is 2.28. The van der Waals surface area contributed by atoms with E-state index in [0.29, 0.717) is 0 Å². The maximum atomic E-state index is 6.36. The van der Waals surface area contributed by atoms with E-state index in [-0.39, 0.29) is 0 Å². The Hall–Kier alpha value is -0.220. The molecule has 20 heavy (non-hydrogen) atoms. The number of rotatable bonds is 10. The van der Waals surface area contributed by atoms with Gasteiger partial charge in [0.25, 0.3) is 0 Å². The molecule has 0 aliphatic heterocycles. The first kappa shape index (κ1) is 17.8. The third-order valence-corrected chi connectivity index (χ3v) is 4.79. The first-order valence-electron chi connectivity index (χ1n) is 7.55. The van der Waals surface area contributed by atoms with Crippen LogP contribution in [0, 0.1) is 0 Å². The minimum Gasteiger partial charge on any atom is -0.313 e. The van der Waals surface area contributed by atoms with Gasteiger partial charge in [-0.05, 0) is 43.8 Å². The fraction of sp³-hybridized carbons (Fsp3) is 0.625. The van der Waals surface area contributed by atoms with Crippen molar-refractivity contribution in [3.63, 3.8) is 0 Å². The minimum absolute atomic E-state index is 0.880. The summed E-state index contributed by atoms with van der Waals surface area (Å²) >= 11 is 8.21. The van der Waals surface area contributed by atoms with Crippen LogP contribution < -0.4 is 5.32 Å². The van der Waals surface area contributed by atoms with Crippen molar-refractivity contribution in [2.24, 2.45) is 0 Å². The van der Waals surface area contributed by atoms with Crippen molar-refractivity contribution in [2.45, 2.75) is 38.6 Å². The molecule has 0 aliphatic carbocycles. The normalized spacial score (nSPS) is 11.2. The number of benzene rings is 1. The molecule has 0 heterocycles. The maximum Gasteiger partial charge on any atom is 0.0545 e. The predicted molar refractivity (Wildman–Crippen MR) is 92.0 cm³/mol. The van der Waals surface area contributed by atoms with Crippen molar-refractivity contribution < 1.29 is 0 Å². The molecule has 2 nitrogen and oxygen atoms in total. The molecular weight excluding hydrogens is 288 g/mol. The van der Waals surface area contributed by atoms with E-state index < -0.39 is 0 Å².